The van der Waals surface area contributed by atoms with Gasteiger partial charge in [0.05, 0.1) is 11.9 Å². The molecule has 0 spiro atoms. The third kappa shape index (κ3) is 1.42. The van der Waals surface area contributed by atoms with Crippen LogP contribution in [0.2, 0.25) is 0 Å². The van der Waals surface area contributed by atoms with Crippen LogP contribution in [0.5, 0.6) is 0 Å². The summed E-state index contributed by atoms with van der Waals surface area (Å²) in [5, 5.41) is 4.28. The molecule has 5 heteroatoms. The van der Waals surface area contributed by atoms with E-state index in [1.807, 2.05) is 46.6 Å². The second-order valence-electron chi connectivity index (χ2n) is 3.58. The molecular weight excluding hydrogens is 315 g/mol. The van der Waals surface area contributed by atoms with Gasteiger partial charge in [-0.15, -0.1) is 0 Å². The lowest BCUT2D eigenvalue weighted by molar-refractivity contribution is 0.844. The van der Waals surface area contributed by atoms with Crippen LogP contribution in [0.15, 0.2) is 36.8 Å². The van der Waals surface area contributed by atoms with Gasteiger partial charge in [-0.25, -0.2) is 9.67 Å². The van der Waals surface area contributed by atoms with Gasteiger partial charge in [0.2, 0.25) is 0 Å². The van der Waals surface area contributed by atoms with E-state index in [1.54, 1.807) is 6.20 Å². The molecule has 16 heavy (non-hydrogen) atoms. The number of pyridine rings is 1. The second kappa shape index (κ2) is 3.58. The molecule has 0 aromatic carbocycles. The van der Waals surface area contributed by atoms with Crippen molar-refractivity contribution in [2.24, 2.45) is 0 Å². The first kappa shape index (κ1) is 9.83. The van der Waals surface area contributed by atoms with E-state index < -0.39 is 0 Å². The third-order valence-corrected chi connectivity index (χ3v) is 3.33. The Bertz CT molecular complexity index is 653. The molecule has 0 aliphatic carbocycles. The second-order valence-corrected chi connectivity index (χ2v) is 4.68. The zero-order valence-electron chi connectivity index (χ0n) is 8.63. The maximum absolute atomic E-state index is 4.33. The first-order valence-corrected chi connectivity index (χ1v) is 5.97. The van der Waals surface area contributed by atoms with Crippen molar-refractivity contribution in [3.05, 3.63) is 46.2 Å². The first-order valence-electron chi connectivity index (χ1n) is 4.89. The zero-order chi connectivity index (χ0) is 11.1. The predicted octanol–water partition coefficient (Wildman–Crippen LogP) is 2.43. The Hall–Kier alpha value is -1.37. The number of hydrogen-bond acceptors (Lipinski definition) is 2. The average molecular weight is 324 g/mol. The van der Waals surface area contributed by atoms with Crippen molar-refractivity contribution < 1.29 is 0 Å². The highest BCUT2D eigenvalue weighted by Crippen LogP contribution is 2.14. The number of halogens is 1. The summed E-state index contributed by atoms with van der Waals surface area (Å²) < 4.78 is 5.06. The number of nitrogens with zero attached hydrogens (tertiary/aromatic N) is 4. The molecule has 3 aromatic rings. The van der Waals surface area contributed by atoms with Crippen LogP contribution in [-0.2, 0) is 0 Å². The Morgan fingerprint density at radius 2 is 2.19 bits per heavy atom. The van der Waals surface area contributed by atoms with Gasteiger partial charge >= 0.3 is 0 Å². The lowest BCUT2D eigenvalue weighted by atomic mass is 10.4. The van der Waals surface area contributed by atoms with E-state index in [9.17, 15) is 0 Å². The molecule has 0 fully saturated rings. The van der Waals surface area contributed by atoms with Gasteiger partial charge in [-0.3, -0.25) is 4.40 Å². The Kier molecular flexibility index (Phi) is 2.20. The van der Waals surface area contributed by atoms with Gasteiger partial charge in [0.1, 0.15) is 9.35 Å². The van der Waals surface area contributed by atoms with Gasteiger partial charge in [0, 0.05) is 24.2 Å². The maximum atomic E-state index is 4.33. The molecule has 0 atom stereocenters. The highest BCUT2D eigenvalue weighted by atomic mass is 127. The average Bonchev–Trinajstić information content (AvgIpc) is 2.86. The number of fused-ring (bicyclic) bond motifs is 1. The fourth-order valence-corrected chi connectivity index (χ4v) is 2.26. The summed E-state index contributed by atoms with van der Waals surface area (Å²) in [6.45, 7) is 2.03. The minimum Gasteiger partial charge on any atom is -0.295 e. The molecule has 0 unspecified atom stereocenters. The van der Waals surface area contributed by atoms with E-state index in [0.29, 0.717) is 0 Å². The number of imidazole rings is 1. The normalized spacial score (nSPS) is 11.1. The van der Waals surface area contributed by atoms with Gasteiger partial charge in [-0.2, -0.15) is 5.10 Å². The van der Waals surface area contributed by atoms with Crippen LogP contribution in [-0.4, -0.2) is 19.2 Å². The highest BCUT2D eigenvalue weighted by Gasteiger charge is 2.04. The summed E-state index contributed by atoms with van der Waals surface area (Å²) in [6.07, 6.45) is 5.67. The molecule has 0 aliphatic heterocycles. The van der Waals surface area contributed by atoms with Gasteiger partial charge in [-0.1, -0.05) is 0 Å². The van der Waals surface area contributed by atoms with Crippen molar-refractivity contribution in [2.45, 2.75) is 6.92 Å². The molecule has 0 bridgehead atoms. The number of rotatable bonds is 1. The van der Waals surface area contributed by atoms with Crippen LogP contribution in [0.25, 0.3) is 11.3 Å². The smallest absolute Gasteiger partial charge is 0.139 e. The van der Waals surface area contributed by atoms with Crippen molar-refractivity contribution in [1.29, 1.82) is 0 Å². The minimum atomic E-state index is 0.941. The van der Waals surface area contributed by atoms with Crippen molar-refractivity contribution in [3.8, 4) is 5.69 Å². The molecule has 0 N–H and O–H groups in total. The Labute approximate surface area is 106 Å². The summed E-state index contributed by atoms with van der Waals surface area (Å²) in [5.74, 6) is 0. The van der Waals surface area contributed by atoms with Crippen molar-refractivity contribution in [1.82, 2.24) is 19.2 Å². The van der Waals surface area contributed by atoms with E-state index in [0.717, 1.165) is 20.7 Å². The summed E-state index contributed by atoms with van der Waals surface area (Å²) in [7, 11) is 0. The van der Waals surface area contributed by atoms with Crippen LogP contribution >= 0.6 is 22.6 Å². The van der Waals surface area contributed by atoms with E-state index in [-0.39, 0.29) is 0 Å². The summed E-state index contributed by atoms with van der Waals surface area (Å²) >= 11 is 2.26. The van der Waals surface area contributed by atoms with E-state index >= 15 is 0 Å². The topological polar surface area (TPSA) is 35.1 Å². The first-order chi connectivity index (χ1) is 7.75. The predicted molar refractivity (Wildman–Crippen MR) is 69.8 cm³/mol. The standard InChI is InChI=1S/C11H9IN4/c1-8-2-4-14-16(8)9-3-5-15-10(12)7-13-11(15)6-9/h2-7H,1H3. The Morgan fingerprint density at radius 1 is 1.31 bits per heavy atom. The minimum absolute atomic E-state index is 0.941. The van der Waals surface area contributed by atoms with Crippen LogP contribution in [0, 0.1) is 10.6 Å². The Balaban J connectivity index is 2.23. The van der Waals surface area contributed by atoms with Crippen LogP contribution in [0.3, 0.4) is 0 Å². The van der Waals surface area contributed by atoms with Crippen molar-refractivity contribution >= 4 is 28.2 Å². The zero-order valence-corrected chi connectivity index (χ0v) is 10.8. The van der Waals surface area contributed by atoms with E-state index in [4.69, 9.17) is 0 Å². The molecule has 0 radical (unpaired) electrons. The van der Waals surface area contributed by atoms with E-state index in [1.165, 1.54) is 0 Å². The fraction of sp³-hybridized carbons (Fsp3) is 0.0909. The van der Waals surface area contributed by atoms with Gasteiger partial charge in [0.15, 0.2) is 0 Å². The van der Waals surface area contributed by atoms with Crippen LogP contribution in [0.4, 0.5) is 0 Å². The van der Waals surface area contributed by atoms with Crippen molar-refractivity contribution in [3.63, 3.8) is 0 Å². The summed E-state index contributed by atoms with van der Waals surface area (Å²) in [4.78, 5) is 4.33. The van der Waals surface area contributed by atoms with Gasteiger partial charge in [0.25, 0.3) is 0 Å². The fourth-order valence-electron chi connectivity index (χ4n) is 1.71. The Morgan fingerprint density at radius 3 is 2.94 bits per heavy atom. The maximum Gasteiger partial charge on any atom is 0.139 e. The van der Waals surface area contributed by atoms with E-state index in [2.05, 4.69) is 32.7 Å². The molecule has 0 saturated heterocycles. The van der Waals surface area contributed by atoms with Gasteiger partial charge in [-0.05, 0) is 41.6 Å². The largest absolute Gasteiger partial charge is 0.295 e. The number of hydrogen-bond donors (Lipinski definition) is 0. The molecule has 4 nitrogen and oxygen atoms in total. The molecule has 0 saturated carbocycles. The molecule has 0 amide bonds. The van der Waals surface area contributed by atoms with Gasteiger partial charge < -0.3 is 0 Å². The molecular formula is C11H9IN4. The molecule has 3 heterocycles. The molecule has 3 rings (SSSR count). The lowest BCUT2D eigenvalue weighted by Crippen LogP contribution is -1.99. The third-order valence-electron chi connectivity index (χ3n) is 2.53. The quantitative estimate of drug-likeness (QED) is 0.645. The molecule has 3 aromatic heterocycles. The summed E-state index contributed by atoms with van der Waals surface area (Å²) in [6, 6.07) is 6.05. The lowest BCUT2D eigenvalue weighted by Gasteiger charge is -2.04. The van der Waals surface area contributed by atoms with Crippen molar-refractivity contribution in [2.75, 3.05) is 0 Å². The number of aryl methyl sites for hydroxylation is 1. The monoisotopic (exact) mass is 324 g/mol. The summed E-state index contributed by atoms with van der Waals surface area (Å²) in [5.41, 5.74) is 3.10. The molecule has 80 valence electrons. The SMILES string of the molecule is Cc1ccnn1-c1ccn2c(I)cnc2c1. The number of aromatic nitrogens is 4. The highest BCUT2D eigenvalue weighted by molar-refractivity contribution is 14.1. The van der Waals surface area contributed by atoms with Crippen LogP contribution in [0.1, 0.15) is 5.69 Å². The van der Waals surface area contributed by atoms with Crippen LogP contribution < -0.4 is 0 Å². The molecule has 0 aliphatic rings.